The highest BCUT2D eigenvalue weighted by molar-refractivity contribution is 6.08. The van der Waals surface area contributed by atoms with Crippen molar-refractivity contribution in [3.63, 3.8) is 0 Å². The highest BCUT2D eigenvalue weighted by Gasteiger charge is 2.22. The molecule has 1 aliphatic heterocycles. The van der Waals surface area contributed by atoms with Crippen molar-refractivity contribution >= 4 is 17.5 Å². The van der Waals surface area contributed by atoms with Crippen molar-refractivity contribution in [1.29, 1.82) is 0 Å². The Labute approximate surface area is 159 Å². The number of rotatable bonds is 4. The molecule has 0 radical (unpaired) electrons. The van der Waals surface area contributed by atoms with Crippen molar-refractivity contribution in [2.24, 2.45) is 0 Å². The summed E-state index contributed by atoms with van der Waals surface area (Å²) in [6.45, 7) is 7.36. The minimum atomic E-state index is -0.362. The van der Waals surface area contributed by atoms with E-state index in [0.717, 1.165) is 25.9 Å². The van der Waals surface area contributed by atoms with Gasteiger partial charge in [0.1, 0.15) is 17.0 Å². The summed E-state index contributed by atoms with van der Waals surface area (Å²) in [6.07, 6.45) is 3.57. The average molecular weight is 367 g/mol. The summed E-state index contributed by atoms with van der Waals surface area (Å²) in [6, 6.07) is 10.4. The molecule has 2 amide bonds. The molecule has 142 valence electrons. The van der Waals surface area contributed by atoms with Crippen LogP contribution in [0, 0.1) is 0 Å². The number of benzene rings is 1. The fourth-order valence-electron chi connectivity index (χ4n) is 2.98. The Bertz CT molecular complexity index is 819. The van der Waals surface area contributed by atoms with Crippen molar-refractivity contribution in [1.82, 2.24) is 9.88 Å². The maximum atomic E-state index is 12.7. The summed E-state index contributed by atoms with van der Waals surface area (Å²) in [4.78, 5) is 31.3. The van der Waals surface area contributed by atoms with E-state index in [0.29, 0.717) is 17.0 Å². The van der Waals surface area contributed by atoms with Crippen molar-refractivity contribution in [2.75, 3.05) is 18.4 Å². The molecule has 1 fully saturated rings. The van der Waals surface area contributed by atoms with Crippen LogP contribution in [-0.2, 0) is 0 Å². The summed E-state index contributed by atoms with van der Waals surface area (Å²) < 4.78 is 5.72. The van der Waals surface area contributed by atoms with Gasteiger partial charge in [0.05, 0.1) is 17.4 Å². The molecule has 2 aromatic rings. The lowest BCUT2D eigenvalue weighted by atomic mass is 10.1. The minimum absolute atomic E-state index is 0.0507. The van der Waals surface area contributed by atoms with Gasteiger partial charge < -0.3 is 15.0 Å². The van der Waals surface area contributed by atoms with Gasteiger partial charge in [-0.05, 0) is 57.9 Å². The first-order valence-corrected chi connectivity index (χ1v) is 9.18. The first kappa shape index (κ1) is 18.9. The molecule has 0 spiro atoms. The number of carbonyl (C=O) groups excluding carboxylic acids is 2. The molecule has 0 saturated carbocycles. The second-order valence-electron chi connectivity index (χ2n) is 7.59. The number of nitrogens with one attached hydrogen (secondary N) is 1. The van der Waals surface area contributed by atoms with Crippen LogP contribution in [0.25, 0.3) is 0 Å². The number of aromatic nitrogens is 1. The van der Waals surface area contributed by atoms with Crippen LogP contribution in [0.1, 0.15) is 54.5 Å². The molecule has 1 aromatic carbocycles. The lowest BCUT2D eigenvalue weighted by Gasteiger charge is -2.21. The van der Waals surface area contributed by atoms with Gasteiger partial charge in [-0.3, -0.25) is 9.59 Å². The number of pyridine rings is 1. The SMILES string of the molecule is CC(C)(C)Oc1ccc(C(=O)Nc2ccccc2C(=O)N2CCCC2)nc1. The van der Waals surface area contributed by atoms with Crippen LogP contribution in [0.2, 0.25) is 0 Å². The first-order valence-electron chi connectivity index (χ1n) is 9.18. The molecule has 3 rings (SSSR count). The van der Waals surface area contributed by atoms with Gasteiger partial charge in [0.15, 0.2) is 0 Å². The zero-order valence-corrected chi connectivity index (χ0v) is 16.0. The molecule has 0 unspecified atom stereocenters. The summed E-state index contributed by atoms with van der Waals surface area (Å²) in [5, 5.41) is 2.81. The molecule has 0 bridgehead atoms. The van der Waals surface area contributed by atoms with E-state index < -0.39 is 0 Å². The molecule has 1 aromatic heterocycles. The van der Waals surface area contributed by atoms with Crippen LogP contribution in [-0.4, -0.2) is 40.4 Å². The van der Waals surface area contributed by atoms with Crippen molar-refractivity contribution in [3.8, 4) is 5.75 Å². The molecule has 1 saturated heterocycles. The molecule has 1 aliphatic rings. The number of nitrogens with zero attached hydrogens (tertiary/aromatic N) is 2. The minimum Gasteiger partial charge on any atom is -0.487 e. The fraction of sp³-hybridized carbons (Fsp3) is 0.381. The van der Waals surface area contributed by atoms with E-state index in [1.165, 1.54) is 6.20 Å². The number of amides is 2. The Hall–Kier alpha value is -2.89. The molecule has 0 aliphatic carbocycles. The van der Waals surface area contributed by atoms with Crippen molar-refractivity contribution in [3.05, 3.63) is 53.9 Å². The third-order valence-electron chi connectivity index (χ3n) is 4.19. The highest BCUT2D eigenvalue weighted by Crippen LogP contribution is 2.21. The Morgan fingerprint density at radius 3 is 2.41 bits per heavy atom. The second-order valence-corrected chi connectivity index (χ2v) is 7.59. The number of likely N-dealkylation sites (tertiary alicyclic amines) is 1. The number of anilines is 1. The van der Waals surface area contributed by atoms with E-state index in [9.17, 15) is 9.59 Å². The van der Waals surface area contributed by atoms with E-state index in [1.807, 2.05) is 25.7 Å². The number of hydrogen-bond donors (Lipinski definition) is 1. The van der Waals surface area contributed by atoms with E-state index >= 15 is 0 Å². The van der Waals surface area contributed by atoms with E-state index in [4.69, 9.17) is 4.74 Å². The maximum absolute atomic E-state index is 12.7. The highest BCUT2D eigenvalue weighted by atomic mass is 16.5. The third kappa shape index (κ3) is 4.84. The van der Waals surface area contributed by atoms with Crippen LogP contribution < -0.4 is 10.1 Å². The van der Waals surface area contributed by atoms with Gasteiger partial charge in [-0.1, -0.05) is 12.1 Å². The number of carbonyl (C=O) groups is 2. The lowest BCUT2D eigenvalue weighted by molar-refractivity contribution is 0.0794. The molecular weight excluding hydrogens is 342 g/mol. The molecule has 27 heavy (non-hydrogen) atoms. The number of hydrogen-bond acceptors (Lipinski definition) is 4. The summed E-state index contributed by atoms with van der Waals surface area (Å²) in [5.74, 6) is 0.188. The average Bonchev–Trinajstić information content (AvgIpc) is 3.15. The van der Waals surface area contributed by atoms with Gasteiger partial charge in [0.2, 0.25) is 0 Å². The van der Waals surface area contributed by atoms with Gasteiger partial charge in [0.25, 0.3) is 11.8 Å². The lowest BCUT2D eigenvalue weighted by Crippen LogP contribution is -2.29. The van der Waals surface area contributed by atoms with Gasteiger partial charge in [-0.2, -0.15) is 0 Å². The van der Waals surface area contributed by atoms with E-state index in [1.54, 1.807) is 36.4 Å². The summed E-state index contributed by atoms with van der Waals surface area (Å²) in [5.41, 5.74) is 0.927. The van der Waals surface area contributed by atoms with Crippen LogP contribution in [0.3, 0.4) is 0 Å². The fourth-order valence-corrected chi connectivity index (χ4v) is 2.98. The Morgan fingerprint density at radius 2 is 1.78 bits per heavy atom. The number of para-hydroxylation sites is 1. The molecule has 0 atom stereocenters. The Balaban J connectivity index is 1.73. The maximum Gasteiger partial charge on any atom is 0.274 e. The zero-order chi connectivity index (χ0) is 19.4. The molecule has 2 heterocycles. The van der Waals surface area contributed by atoms with Gasteiger partial charge >= 0.3 is 0 Å². The predicted molar refractivity (Wildman–Crippen MR) is 104 cm³/mol. The van der Waals surface area contributed by atoms with Gasteiger partial charge in [0, 0.05) is 13.1 Å². The van der Waals surface area contributed by atoms with E-state index in [-0.39, 0.29) is 23.1 Å². The first-order chi connectivity index (χ1) is 12.8. The monoisotopic (exact) mass is 367 g/mol. The van der Waals surface area contributed by atoms with Crippen LogP contribution in [0.4, 0.5) is 5.69 Å². The van der Waals surface area contributed by atoms with Crippen LogP contribution in [0.5, 0.6) is 5.75 Å². The second kappa shape index (κ2) is 7.78. The normalized spacial score (nSPS) is 14.1. The van der Waals surface area contributed by atoms with Crippen LogP contribution in [0.15, 0.2) is 42.6 Å². The topological polar surface area (TPSA) is 71.5 Å². The number of ether oxygens (including phenoxy) is 1. The standard InChI is InChI=1S/C21H25N3O3/c1-21(2,3)27-15-10-11-18(22-14-15)19(25)23-17-9-5-4-8-16(17)20(26)24-12-6-7-13-24/h4-5,8-11,14H,6-7,12-13H2,1-3H3,(H,23,25). The van der Waals surface area contributed by atoms with Crippen molar-refractivity contribution in [2.45, 2.75) is 39.2 Å². The molecule has 1 N–H and O–H groups in total. The Kier molecular flexibility index (Phi) is 5.44. The van der Waals surface area contributed by atoms with Gasteiger partial charge in [-0.15, -0.1) is 0 Å². The Morgan fingerprint density at radius 1 is 1.07 bits per heavy atom. The smallest absolute Gasteiger partial charge is 0.274 e. The van der Waals surface area contributed by atoms with Crippen LogP contribution >= 0.6 is 0 Å². The van der Waals surface area contributed by atoms with E-state index in [2.05, 4.69) is 10.3 Å². The third-order valence-corrected chi connectivity index (χ3v) is 4.19. The molecule has 6 nitrogen and oxygen atoms in total. The quantitative estimate of drug-likeness (QED) is 0.893. The zero-order valence-electron chi connectivity index (χ0n) is 16.0. The van der Waals surface area contributed by atoms with Gasteiger partial charge in [-0.25, -0.2) is 4.98 Å². The summed E-state index contributed by atoms with van der Waals surface area (Å²) >= 11 is 0. The summed E-state index contributed by atoms with van der Waals surface area (Å²) in [7, 11) is 0. The van der Waals surface area contributed by atoms with Crippen molar-refractivity contribution < 1.29 is 14.3 Å². The predicted octanol–water partition coefficient (Wildman–Crippen LogP) is 3.75. The molecule has 6 heteroatoms. The largest absolute Gasteiger partial charge is 0.487 e. The molecular formula is C21H25N3O3.